The van der Waals surface area contributed by atoms with Crippen LogP contribution in [-0.4, -0.2) is 33.4 Å². The third kappa shape index (κ3) is 5.58. The van der Waals surface area contributed by atoms with E-state index in [4.69, 9.17) is 26.8 Å². The zero-order chi connectivity index (χ0) is 21.5. The van der Waals surface area contributed by atoms with Gasteiger partial charge in [0.2, 0.25) is 0 Å². The highest BCUT2D eigenvalue weighted by Gasteiger charge is 2.12. The van der Waals surface area contributed by atoms with E-state index in [1.165, 1.54) is 5.56 Å². The lowest BCUT2D eigenvalue weighted by atomic mass is 10.2. The number of ether oxygens (including phenoxy) is 2. The number of rotatable bonds is 10. The third-order valence-electron chi connectivity index (χ3n) is 4.66. The minimum atomic E-state index is 0.343. The summed E-state index contributed by atoms with van der Waals surface area (Å²) in [5.74, 6) is 2.45. The quantitative estimate of drug-likeness (QED) is 0.352. The average molecular weight is 425 g/mol. The number of methoxy groups -OCH3 is 1. The second-order valence-corrected chi connectivity index (χ2v) is 7.57. The molecule has 0 amide bonds. The smallest absolute Gasteiger partial charge is 0.199 e. The van der Waals surface area contributed by atoms with Crippen molar-refractivity contribution < 1.29 is 9.47 Å². The van der Waals surface area contributed by atoms with Crippen LogP contribution in [0, 0.1) is 11.7 Å². The van der Waals surface area contributed by atoms with Crippen molar-refractivity contribution in [3.05, 3.63) is 82.9 Å². The molecular formula is C23H28N4O2S. The van der Waals surface area contributed by atoms with Crippen LogP contribution in [0.2, 0.25) is 0 Å². The summed E-state index contributed by atoms with van der Waals surface area (Å²) in [6.45, 7) is 8.17. The van der Waals surface area contributed by atoms with Crippen molar-refractivity contribution in [2.45, 2.75) is 33.3 Å². The van der Waals surface area contributed by atoms with E-state index in [2.05, 4.69) is 23.6 Å². The van der Waals surface area contributed by atoms with E-state index < -0.39 is 0 Å². The van der Waals surface area contributed by atoms with Crippen LogP contribution in [0.4, 0.5) is 0 Å². The highest BCUT2D eigenvalue weighted by atomic mass is 32.1. The van der Waals surface area contributed by atoms with Crippen molar-refractivity contribution in [1.29, 1.82) is 0 Å². The fourth-order valence-corrected chi connectivity index (χ4v) is 3.45. The zero-order valence-corrected chi connectivity index (χ0v) is 18.6. The molecule has 1 aromatic heterocycles. The standard InChI is InChI=1S/C23H28N4O2S/c1-5-13-26-22(16-29-21-8-6-7-18(2)14-21)24-27(23(26)30)17-25(3)15-19-9-11-20(28-4)12-10-19/h5-12,14H,1,13,15-17H2,2-4H3. The summed E-state index contributed by atoms with van der Waals surface area (Å²) in [5, 5.41) is 4.72. The van der Waals surface area contributed by atoms with Gasteiger partial charge in [-0.25, -0.2) is 4.68 Å². The Morgan fingerprint density at radius 2 is 1.93 bits per heavy atom. The molecule has 1 heterocycles. The van der Waals surface area contributed by atoms with Gasteiger partial charge in [-0.2, -0.15) is 5.10 Å². The molecule has 0 bridgehead atoms. The normalized spacial score (nSPS) is 10.9. The van der Waals surface area contributed by atoms with Crippen LogP contribution < -0.4 is 9.47 Å². The Bertz CT molecular complexity index is 1040. The first-order chi connectivity index (χ1) is 14.5. The van der Waals surface area contributed by atoms with Gasteiger partial charge in [0.05, 0.1) is 13.8 Å². The molecule has 0 aliphatic carbocycles. The first-order valence-electron chi connectivity index (χ1n) is 9.78. The van der Waals surface area contributed by atoms with Gasteiger partial charge in [0.15, 0.2) is 10.6 Å². The number of benzene rings is 2. The second kappa shape index (κ2) is 10.2. The lowest BCUT2D eigenvalue weighted by molar-refractivity contribution is 0.240. The van der Waals surface area contributed by atoms with E-state index in [0.29, 0.717) is 24.6 Å². The molecule has 0 atom stereocenters. The first kappa shape index (κ1) is 21.8. The molecule has 0 aliphatic heterocycles. The van der Waals surface area contributed by atoms with Gasteiger partial charge in [0.1, 0.15) is 18.1 Å². The fourth-order valence-electron chi connectivity index (χ4n) is 3.17. The van der Waals surface area contributed by atoms with Crippen LogP contribution in [0.5, 0.6) is 11.5 Å². The lowest BCUT2D eigenvalue weighted by Gasteiger charge is -2.16. The molecular weight excluding hydrogens is 396 g/mol. The van der Waals surface area contributed by atoms with E-state index in [9.17, 15) is 0 Å². The maximum Gasteiger partial charge on any atom is 0.199 e. The lowest BCUT2D eigenvalue weighted by Crippen LogP contribution is -2.22. The minimum absolute atomic E-state index is 0.343. The van der Waals surface area contributed by atoms with Crippen LogP contribution in [-0.2, 0) is 26.4 Å². The van der Waals surface area contributed by atoms with Crippen molar-refractivity contribution in [3.8, 4) is 11.5 Å². The molecule has 0 unspecified atom stereocenters. The zero-order valence-electron chi connectivity index (χ0n) is 17.7. The van der Waals surface area contributed by atoms with Crippen molar-refractivity contribution in [3.63, 3.8) is 0 Å². The molecule has 0 fully saturated rings. The van der Waals surface area contributed by atoms with Gasteiger partial charge in [-0.3, -0.25) is 9.47 Å². The van der Waals surface area contributed by atoms with Gasteiger partial charge in [-0.05, 0) is 61.6 Å². The number of hydrogen-bond acceptors (Lipinski definition) is 5. The van der Waals surface area contributed by atoms with Gasteiger partial charge in [-0.15, -0.1) is 6.58 Å². The number of hydrogen-bond donors (Lipinski definition) is 0. The first-order valence-corrected chi connectivity index (χ1v) is 10.2. The largest absolute Gasteiger partial charge is 0.497 e. The molecule has 0 spiro atoms. The maximum absolute atomic E-state index is 5.95. The van der Waals surface area contributed by atoms with Gasteiger partial charge < -0.3 is 9.47 Å². The summed E-state index contributed by atoms with van der Waals surface area (Å²) in [7, 11) is 3.71. The molecule has 0 saturated carbocycles. The summed E-state index contributed by atoms with van der Waals surface area (Å²) >= 11 is 5.66. The van der Waals surface area contributed by atoms with Gasteiger partial charge >= 0.3 is 0 Å². The summed E-state index contributed by atoms with van der Waals surface area (Å²) in [4.78, 5) is 2.16. The molecule has 158 valence electrons. The fraction of sp³-hybridized carbons (Fsp3) is 0.304. The molecule has 6 nitrogen and oxygen atoms in total. The highest BCUT2D eigenvalue weighted by Crippen LogP contribution is 2.16. The predicted molar refractivity (Wildman–Crippen MR) is 121 cm³/mol. The Kier molecular flexibility index (Phi) is 7.43. The van der Waals surface area contributed by atoms with Crippen molar-refractivity contribution in [1.82, 2.24) is 19.2 Å². The summed E-state index contributed by atoms with van der Waals surface area (Å²) in [5.41, 5.74) is 2.35. The van der Waals surface area contributed by atoms with Crippen LogP contribution in [0.25, 0.3) is 0 Å². The predicted octanol–water partition coefficient (Wildman–Crippen LogP) is 4.59. The van der Waals surface area contributed by atoms with Crippen LogP contribution in [0.1, 0.15) is 17.0 Å². The summed E-state index contributed by atoms with van der Waals surface area (Å²) < 4.78 is 15.6. The molecule has 3 rings (SSSR count). The number of aryl methyl sites for hydroxylation is 1. The summed E-state index contributed by atoms with van der Waals surface area (Å²) in [6.07, 6.45) is 1.82. The molecule has 0 saturated heterocycles. The molecule has 2 aromatic carbocycles. The highest BCUT2D eigenvalue weighted by molar-refractivity contribution is 7.71. The van der Waals surface area contributed by atoms with Gasteiger partial charge in [-0.1, -0.05) is 30.3 Å². The van der Waals surface area contributed by atoms with E-state index in [1.807, 2.05) is 65.7 Å². The van der Waals surface area contributed by atoms with Crippen molar-refractivity contribution in [2.75, 3.05) is 14.2 Å². The van der Waals surface area contributed by atoms with Crippen LogP contribution in [0.3, 0.4) is 0 Å². The Balaban J connectivity index is 1.71. The van der Waals surface area contributed by atoms with E-state index in [0.717, 1.165) is 29.4 Å². The van der Waals surface area contributed by atoms with Crippen LogP contribution in [0.15, 0.2) is 61.2 Å². The van der Waals surface area contributed by atoms with E-state index in [-0.39, 0.29) is 0 Å². The molecule has 0 radical (unpaired) electrons. The maximum atomic E-state index is 5.95. The van der Waals surface area contributed by atoms with Crippen molar-refractivity contribution >= 4 is 12.2 Å². The Morgan fingerprint density at radius 3 is 2.60 bits per heavy atom. The Labute approximate surface area is 183 Å². The third-order valence-corrected chi connectivity index (χ3v) is 5.09. The van der Waals surface area contributed by atoms with Gasteiger partial charge in [0, 0.05) is 13.1 Å². The Hall–Kier alpha value is -2.90. The minimum Gasteiger partial charge on any atom is -0.497 e. The Morgan fingerprint density at radius 1 is 1.17 bits per heavy atom. The molecule has 3 aromatic rings. The van der Waals surface area contributed by atoms with E-state index >= 15 is 0 Å². The summed E-state index contributed by atoms with van der Waals surface area (Å²) in [6, 6.07) is 16.0. The number of aromatic nitrogens is 3. The number of allylic oxidation sites excluding steroid dienone is 1. The topological polar surface area (TPSA) is 44.5 Å². The van der Waals surface area contributed by atoms with E-state index in [1.54, 1.807) is 7.11 Å². The molecule has 0 N–H and O–H groups in total. The number of nitrogens with zero attached hydrogens (tertiary/aromatic N) is 4. The monoisotopic (exact) mass is 424 g/mol. The molecule has 30 heavy (non-hydrogen) atoms. The average Bonchev–Trinajstić information content (AvgIpc) is 3.02. The van der Waals surface area contributed by atoms with Crippen LogP contribution >= 0.6 is 12.2 Å². The van der Waals surface area contributed by atoms with Gasteiger partial charge in [0.25, 0.3) is 0 Å². The SMILES string of the molecule is C=CCn1c(COc2cccc(C)c2)nn(CN(C)Cc2ccc(OC)cc2)c1=S. The molecule has 7 heteroatoms. The second-order valence-electron chi connectivity index (χ2n) is 7.21. The molecule has 0 aliphatic rings. The van der Waals surface area contributed by atoms with Crippen molar-refractivity contribution in [2.24, 2.45) is 0 Å².